The number of nitrogens with one attached hydrogen (secondary N) is 1. The van der Waals surface area contributed by atoms with Crippen molar-refractivity contribution in [2.75, 3.05) is 13.1 Å². The first-order valence-corrected chi connectivity index (χ1v) is 8.18. The van der Waals surface area contributed by atoms with Crippen molar-refractivity contribution in [1.82, 2.24) is 20.4 Å². The summed E-state index contributed by atoms with van der Waals surface area (Å²) in [5, 5.41) is 6.73. The average molecular weight is 330 g/mol. The van der Waals surface area contributed by atoms with Crippen LogP contribution in [0.4, 0.5) is 4.79 Å². The molecule has 2 heterocycles. The van der Waals surface area contributed by atoms with Gasteiger partial charge in [-0.3, -0.25) is 0 Å². The van der Waals surface area contributed by atoms with E-state index in [4.69, 9.17) is 9.26 Å². The SMILES string of the molecule is CCC(C)NC(=O)N1CC(Oc2ccc(-c3nc(C)no3)cc2)C1. The Morgan fingerprint density at radius 1 is 1.42 bits per heavy atom. The zero-order valence-corrected chi connectivity index (χ0v) is 14.2. The number of aromatic nitrogens is 2. The molecule has 24 heavy (non-hydrogen) atoms. The molecule has 0 spiro atoms. The number of hydrogen-bond acceptors (Lipinski definition) is 5. The molecule has 1 fully saturated rings. The predicted molar refractivity (Wildman–Crippen MR) is 88.7 cm³/mol. The Morgan fingerprint density at radius 3 is 2.71 bits per heavy atom. The minimum Gasteiger partial charge on any atom is -0.487 e. The number of rotatable bonds is 5. The number of likely N-dealkylation sites (tertiary alicyclic amines) is 1. The summed E-state index contributed by atoms with van der Waals surface area (Å²) in [5.74, 6) is 1.87. The van der Waals surface area contributed by atoms with Crippen molar-refractivity contribution < 1.29 is 14.1 Å². The van der Waals surface area contributed by atoms with Gasteiger partial charge in [0.25, 0.3) is 5.89 Å². The monoisotopic (exact) mass is 330 g/mol. The number of hydrogen-bond donors (Lipinski definition) is 1. The van der Waals surface area contributed by atoms with Crippen molar-refractivity contribution in [3.8, 4) is 17.2 Å². The van der Waals surface area contributed by atoms with E-state index in [0.29, 0.717) is 24.8 Å². The summed E-state index contributed by atoms with van der Waals surface area (Å²) in [5.41, 5.74) is 0.853. The summed E-state index contributed by atoms with van der Waals surface area (Å²) >= 11 is 0. The third kappa shape index (κ3) is 3.67. The number of nitrogens with zero attached hydrogens (tertiary/aromatic N) is 3. The van der Waals surface area contributed by atoms with Crippen LogP contribution in [0.5, 0.6) is 5.75 Å². The molecule has 0 bridgehead atoms. The lowest BCUT2D eigenvalue weighted by Gasteiger charge is -2.39. The second-order valence-corrected chi connectivity index (χ2v) is 6.07. The fourth-order valence-electron chi connectivity index (χ4n) is 2.37. The lowest BCUT2D eigenvalue weighted by atomic mass is 10.1. The Labute approximate surface area is 141 Å². The quantitative estimate of drug-likeness (QED) is 0.911. The molecule has 0 radical (unpaired) electrons. The summed E-state index contributed by atoms with van der Waals surface area (Å²) in [7, 11) is 0. The maximum atomic E-state index is 11.9. The summed E-state index contributed by atoms with van der Waals surface area (Å²) in [6.07, 6.45) is 0.954. The molecule has 1 aliphatic rings. The molecule has 2 amide bonds. The minimum absolute atomic E-state index is 0.0219. The van der Waals surface area contributed by atoms with Gasteiger partial charge in [0, 0.05) is 11.6 Å². The maximum absolute atomic E-state index is 11.9. The van der Waals surface area contributed by atoms with E-state index in [1.165, 1.54) is 0 Å². The highest BCUT2D eigenvalue weighted by Crippen LogP contribution is 2.23. The van der Waals surface area contributed by atoms with Crippen LogP contribution >= 0.6 is 0 Å². The van der Waals surface area contributed by atoms with Crippen LogP contribution in [0.15, 0.2) is 28.8 Å². The molecule has 3 rings (SSSR count). The molecule has 0 aliphatic carbocycles. The van der Waals surface area contributed by atoms with Crippen molar-refractivity contribution in [3.05, 3.63) is 30.1 Å². The van der Waals surface area contributed by atoms with Crippen LogP contribution in [0.2, 0.25) is 0 Å². The van der Waals surface area contributed by atoms with Crippen molar-refractivity contribution in [3.63, 3.8) is 0 Å². The Bertz CT molecular complexity index is 692. The largest absolute Gasteiger partial charge is 0.487 e. The molecule has 7 heteroatoms. The van der Waals surface area contributed by atoms with Crippen molar-refractivity contribution >= 4 is 6.03 Å². The topological polar surface area (TPSA) is 80.5 Å². The van der Waals surface area contributed by atoms with Gasteiger partial charge < -0.3 is 19.5 Å². The van der Waals surface area contributed by atoms with Gasteiger partial charge in [-0.25, -0.2) is 4.79 Å². The Kier molecular flexibility index (Phi) is 4.69. The number of benzene rings is 1. The van der Waals surface area contributed by atoms with E-state index >= 15 is 0 Å². The summed E-state index contributed by atoms with van der Waals surface area (Å²) in [6, 6.07) is 7.68. The van der Waals surface area contributed by atoms with Gasteiger partial charge in [-0.05, 0) is 44.5 Å². The normalized spacial score (nSPS) is 15.7. The van der Waals surface area contributed by atoms with Crippen LogP contribution in [-0.4, -0.2) is 46.3 Å². The highest BCUT2D eigenvalue weighted by molar-refractivity contribution is 5.75. The Morgan fingerprint density at radius 2 is 2.12 bits per heavy atom. The molecule has 1 aliphatic heterocycles. The van der Waals surface area contributed by atoms with Crippen molar-refractivity contribution in [2.45, 2.75) is 39.3 Å². The molecular weight excluding hydrogens is 308 g/mol. The molecule has 2 aromatic rings. The number of ether oxygens (including phenoxy) is 1. The molecular formula is C17H22N4O3. The molecule has 0 saturated carbocycles. The summed E-state index contributed by atoms with van der Waals surface area (Å²) < 4.78 is 11.0. The van der Waals surface area contributed by atoms with Gasteiger partial charge in [0.2, 0.25) is 0 Å². The Balaban J connectivity index is 1.49. The molecule has 128 valence electrons. The number of urea groups is 1. The fraction of sp³-hybridized carbons (Fsp3) is 0.471. The van der Waals surface area contributed by atoms with Gasteiger partial charge in [0.1, 0.15) is 11.9 Å². The van der Waals surface area contributed by atoms with Gasteiger partial charge in [-0.15, -0.1) is 0 Å². The van der Waals surface area contributed by atoms with E-state index in [0.717, 1.165) is 17.7 Å². The van der Waals surface area contributed by atoms with Gasteiger partial charge in [0.05, 0.1) is 13.1 Å². The van der Waals surface area contributed by atoms with E-state index in [-0.39, 0.29) is 18.2 Å². The minimum atomic E-state index is -0.0219. The van der Waals surface area contributed by atoms with Gasteiger partial charge in [-0.1, -0.05) is 12.1 Å². The molecule has 1 unspecified atom stereocenters. The standard InChI is InChI=1S/C17H22N4O3/c1-4-11(2)18-17(22)21-9-15(10-21)23-14-7-5-13(6-8-14)16-19-12(3)20-24-16/h5-8,11,15H,4,9-10H2,1-3H3,(H,18,22). The molecule has 1 N–H and O–H groups in total. The van der Waals surface area contributed by atoms with Crippen molar-refractivity contribution in [2.24, 2.45) is 0 Å². The van der Waals surface area contributed by atoms with Crippen LogP contribution in [-0.2, 0) is 0 Å². The lowest BCUT2D eigenvalue weighted by Crippen LogP contribution is -2.59. The van der Waals surface area contributed by atoms with Gasteiger partial charge in [-0.2, -0.15) is 4.98 Å². The van der Waals surface area contributed by atoms with Crippen LogP contribution in [0.25, 0.3) is 11.5 Å². The predicted octanol–water partition coefficient (Wildman–Crippen LogP) is 2.62. The van der Waals surface area contributed by atoms with Crippen LogP contribution in [0.3, 0.4) is 0 Å². The molecule has 7 nitrogen and oxygen atoms in total. The zero-order valence-electron chi connectivity index (χ0n) is 14.2. The van der Waals surface area contributed by atoms with Gasteiger partial charge >= 0.3 is 6.03 Å². The summed E-state index contributed by atoms with van der Waals surface area (Å²) in [6.45, 7) is 7.04. The van der Waals surface area contributed by atoms with Crippen LogP contribution in [0, 0.1) is 6.92 Å². The van der Waals surface area contributed by atoms with E-state index in [9.17, 15) is 4.79 Å². The average Bonchev–Trinajstić information content (AvgIpc) is 2.97. The first kappa shape index (κ1) is 16.3. The number of amides is 2. The lowest BCUT2D eigenvalue weighted by molar-refractivity contribution is 0.0436. The first-order chi connectivity index (χ1) is 11.5. The van der Waals surface area contributed by atoms with E-state index in [2.05, 4.69) is 15.5 Å². The van der Waals surface area contributed by atoms with E-state index in [1.807, 2.05) is 38.1 Å². The highest BCUT2D eigenvalue weighted by Gasteiger charge is 2.32. The Hall–Kier alpha value is -2.57. The van der Waals surface area contributed by atoms with Crippen molar-refractivity contribution in [1.29, 1.82) is 0 Å². The number of carbonyl (C=O) groups is 1. The van der Waals surface area contributed by atoms with Crippen LogP contribution in [0.1, 0.15) is 26.1 Å². The molecule has 1 aromatic heterocycles. The molecule has 1 atom stereocenters. The second kappa shape index (κ2) is 6.90. The zero-order chi connectivity index (χ0) is 17.1. The third-order valence-electron chi connectivity index (χ3n) is 4.05. The van der Waals surface area contributed by atoms with Crippen LogP contribution < -0.4 is 10.1 Å². The first-order valence-electron chi connectivity index (χ1n) is 8.18. The fourth-order valence-corrected chi connectivity index (χ4v) is 2.37. The second-order valence-electron chi connectivity index (χ2n) is 6.07. The number of carbonyl (C=O) groups excluding carboxylic acids is 1. The molecule has 1 saturated heterocycles. The van der Waals surface area contributed by atoms with E-state index in [1.54, 1.807) is 11.8 Å². The number of aryl methyl sites for hydroxylation is 1. The molecule has 1 aromatic carbocycles. The van der Waals surface area contributed by atoms with Gasteiger partial charge in [0.15, 0.2) is 5.82 Å². The third-order valence-corrected chi connectivity index (χ3v) is 4.05. The maximum Gasteiger partial charge on any atom is 0.317 e. The summed E-state index contributed by atoms with van der Waals surface area (Å²) in [4.78, 5) is 17.9. The highest BCUT2D eigenvalue weighted by atomic mass is 16.5. The smallest absolute Gasteiger partial charge is 0.317 e. The van der Waals surface area contributed by atoms with E-state index < -0.39 is 0 Å².